The molecule has 0 amide bonds. The van der Waals surface area contributed by atoms with Crippen molar-refractivity contribution in [3.8, 4) is 0 Å². The van der Waals surface area contributed by atoms with Gasteiger partial charge in [-0.05, 0) is 56.2 Å². The van der Waals surface area contributed by atoms with E-state index in [9.17, 15) is 9.90 Å². The number of carbonyl (C=O) groups is 1. The lowest BCUT2D eigenvalue weighted by molar-refractivity contribution is -0.182. The van der Waals surface area contributed by atoms with Crippen LogP contribution in [-0.2, 0) is 16.0 Å². The quantitative estimate of drug-likeness (QED) is 0.845. The number of ether oxygens (including phenoxy) is 1. The average Bonchev–Trinajstić information content (AvgIpc) is 3.42. The second-order valence-electron chi connectivity index (χ2n) is 7.44. The molecule has 0 unspecified atom stereocenters. The molecule has 1 aliphatic carbocycles. The van der Waals surface area contributed by atoms with Gasteiger partial charge in [-0.3, -0.25) is 4.90 Å². The number of aliphatic hydroxyl groups is 1. The number of hydrogen-bond acceptors (Lipinski definition) is 4. The fourth-order valence-corrected chi connectivity index (χ4v) is 4.13. The van der Waals surface area contributed by atoms with E-state index in [1.165, 1.54) is 0 Å². The summed E-state index contributed by atoms with van der Waals surface area (Å²) in [5, 5.41) is 11.1. The number of carbonyl (C=O) groups excluding carboxylic acids is 1. The summed E-state index contributed by atoms with van der Waals surface area (Å²) in [4.78, 5) is 15.2. The Hall–Kier alpha value is -1.39. The van der Waals surface area contributed by atoms with Gasteiger partial charge in [0, 0.05) is 13.0 Å². The third-order valence-electron chi connectivity index (χ3n) is 5.78. The predicted molar refractivity (Wildman–Crippen MR) is 86.9 cm³/mol. The molecule has 3 saturated heterocycles. The second kappa shape index (κ2) is 5.91. The lowest BCUT2D eigenvalue weighted by Crippen LogP contribution is -2.54. The van der Waals surface area contributed by atoms with E-state index < -0.39 is 11.6 Å². The van der Waals surface area contributed by atoms with Gasteiger partial charge in [0.2, 0.25) is 0 Å². The third-order valence-corrected chi connectivity index (χ3v) is 5.78. The fraction of sp³-hybridized carbons (Fsp3) is 0.632. The van der Waals surface area contributed by atoms with Crippen LogP contribution >= 0.6 is 0 Å². The van der Waals surface area contributed by atoms with E-state index in [1.54, 1.807) is 0 Å². The zero-order chi connectivity index (χ0) is 15.9. The number of esters is 1. The zero-order valence-electron chi connectivity index (χ0n) is 13.5. The van der Waals surface area contributed by atoms with E-state index in [1.807, 2.05) is 30.3 Å². The second-order valence-corrected chi connectivity index (χ2v) is 7.44. The van der Waals surface area contributed by atoms with E-state index in [2.05, 4.69) is 4.90 Å². The molecule has 0 spiro atoms. The van der Waals surface area contributed by atoms with Crippen LogP contribution in [-0.4, -0.2) is 47.3 Å². The van der Waals surface area contributed by atoms with Gasteiger partial charge in [-0.15, -0.1) is 0 Å². The molecule has 4 heteroatoms. The van der Waals surface area contributed by atoms with Gasteiger partial charge in [-0.2, -0.15) is 0 Å². The molecule has 4 aliphatic rings. The standard InChI is InChI=1S/C19H25NO3/c21-18(23-17-13-20-10-8-15(17)9-11-20)19(22,16-6-7-16)12-14-4-2-1-3-5-14/h1-5,15-17,22H,6-13H2/t17-,19-/m0/s1. The minimum atomic E-state index is -1.35. The van der Waals surface area contributed by atoms with Crippen molar-refractivity contribution in [3.63, 3.8) is 0 Å². The zero-order valence-corrected chi connectivity index (χ0v) is 13.5. The molecular weight excluding hydrogens is 290 g/mol. The van der Waals surface area contributed by atoms with Crippen LogP contribution in [0.5, 0.6) is 0 Å². The molecule has 5 rings (SSSR count). The van der Waals surface area contributed by atoms with E-state index in [4.69, 9.17) is 4.74 Å². The number of nitrogens with zero attached hydrogens (tertiary/aromatic N) is 1. The first kappa shape index (κ1) is 15.2. The number of hydrogen-bond donors (Lipinski definition) is 1. The molecule has 1 aromatic rings. The van der Waals surface area contributed by atoms with Crippen LogP contribution in [0.2, 0.25) is 0 Å². The Kier molecular flexibility index (Phi) is 3.90. The molecule has 23 heavy (non-hydrogen) atoms. The van der Waals surface area contributed by atoms with Gasteiger partial charge in [-0.1, -0.05) is 30.3 Å². The van der Waals surface area contributed by atoms with Crippen LogP contribution in [0.1, 0.15) is 31.2 Å². The summed E-state index contributed by atoms with van der Waals surface area (Å²) < 4.78 is 5.83. The van der Waals surface area contributed by atoms with Crippen molar-refractivity contribution in [2.24, 2.45) is 11.8 Å². The lowest BCUT2D eigenvalue weighted by atomic mass is 9.85. The van der Waals surface area contributed by atoms with E-state index in [0.29, 0.717) is 12.3 Å². The Morgan fingerprint density at radius 3 is 2.43 bits per heavy atom. The number of piperidine rings is 3. The van der Waals surface area contributed by atoms with Gasteiger partial charge in [0.15, 0.2) is 5.60 Å². The SMILES string of the molecule is O=C(O[C@H]1CN2CCC1CC2)[C@](O)(Cc1ccccc1)C1CC1. The summed E-state index contributed by atoms with van der Waals surface area (Å²) in [6.45, 7) is 3.08. The molecular formula is C19H25NO3. The van der Waals surface area contributed by atoms with Crippen molar-refractivity contribution in [1.82, 2.24) is 4.90 Å². The molecule has 1 aromatic carbocycles. The molecule has 2 bridgehead atoms. The first-order valence-electron chi connectivity index (χ1n) is 8.85. The third kappa shape index (κ3) is 3.02. The molecule has 3 aliphatic heterocycles. The highest BCUT2D eigenvalue weighted by atomic mass is 16.6. The molecule has 0 aromatic heterocycles. The molecule has 2 atom stereocenters. The van der Waals surface area contributed by atoms with Gasteiger partial charge in [0.25, 0.3) is 0 Å². The van der Waals surface area contributed by atoms with Crippen LogP contribution < -0.4 is 0 Å². The van der Waals surface area contributed by atoms with Crippen LogP contribution in [0.25, 0.3) is 0 Å². The lowest BCUT2D eigenvalue weighted by Gasteiger charge is -2.44. The summed E-state index contributed by atoms with van der Waals surface area (Å²) in [5.41, 5.74) is -0.360. The predicted octanol–water partition coefficient (Wildman–Crippen LogP) is 2.01. The number of rotatable bonds is 5. The summed E-state index contributed by atoms with van der Waals surface area (Å²) in [6, 6.07) is 9.78. The summed E-state index contributed by atoms with van der Waals surface area (Å²) in [7, 11) is 0. The summed E-state index contributed by atoms with van der Waals surface area (Å²) in [5.74, 6) is 0.128. The van der Waals surface area contributed by atoms with Crippen molar-refractivity contribution < 1.29 is 14.6 Å². The Balaban J connectivity index is 1.47. The number of fused-ring (bicyclic) bond motifs is 3. The maximum Gasteiger partial charge on any atom is 0.339 e. The van der Waals surface area contributed by atoms with E-state index in [0.717, 1.165) is 50.9 Å². The smallest absolute Gasteiger partial charge is 0.339 e. The van der Waals surface area contributed by atoms with Gasteiger partial charge in [0.05, 0.1) is 0 Å². The van der Waals surface area contributed by atoms with Gasteiger partial charge < -0.3 is 9.84 Å². The largest absolute Gasteiger partial charge is 0.459 e. The molecule has 1 N–H and O–H groups in total. The number of benzene rings is 1. The van der Waals surface area contributed by atoms with Crippen LogP contribution in [0, 0.1) is 11.8 Å². The Morgan fingerprint density at radius 2 is 1.87 bits per heavy atom. The van der Waals surface area contributed by atoms with Crippen LogP contribution in [0.4, 0.5) is 0 Å². The highest BCUT2D eigenvalue weighted by Gasteiger charge is 2.52. The van der Waals surface area contributed by atoms with Gasteiger partial charge >= 0.3 is 5.97 Å². The summed E-state index contributed by atoms with van der Waals surface area (Å²) >= 11 is 0. The Bertz CT molecular complexity index is 563. The molecule has 124 valence electrons. The van der Waals surface area contributed by atoms with Gasteiger partial charge in [0.1, 0.15) is 6.10 Å². The van der Waals surface area contributed by atoms with Crippen molar-refractivity contribution >= 4 is 5.97 Å². The Labute approximate surface area is 137 Å². The molecule has 3 heterocycles. The first-order chi connectivity index (χ1) is 11.1. The maximum absolute atomic E-state index is 12.8. The highest BCUT2D eigenvalue weighted by Crippen LogP contribution is 2.43. The first-order valence-corrected chi connectivity index (χ1v) is 8.85. The van der Waals surface area contributed by atoms with Crippen LogP contribution in [0.15, 0.2) is 30.3 Å². The maximum atomic E-state index is 12.8. The highest BCUT2D eigenvalue weighted by molar-refractivity contribution is 5.81. The van der Waals surface area contributed by atoms with Crippen molar-refractivity contribution in [1.29, 1.82) is 0 Å². The topological polar surface area (TPSA) is 49.8 Å². The van der Waals surface area contributed by atoms with Gasteiger partial charge in [-0.25, -0.2) is 4.79 Å². The minimum Gasteiger partial charge on any atom is -0.459 e. The average molecular weight is 315 g/mol. The van der Waals surface area contributed by atoms with E-state index in [-0.39, 0.29) is 12.0 Å². The molecule has 0 radical (unpaired) electrons. The molecule has 4 nitrogen and oxygen atoms in total. The van der Waals surface area contributed by atoms with Crippen molar-refractivity contribution in [2.45, 2.75) is 43.8 Å². The fourth-order valence-electron chi connectivity index (χ4n) is 4.13. The van der Waals surface area contributed by atoms with Crippen molar-refractivity contribution in [2.75, 3.05) is 19.6 Å². The van der Waals surface area contributed by atoms with Crippen molar-refractivity contribution in [3.05, 3.63) is 35.9 Å². The van der Waals surface area contributed by atoms with Crippen LogP contribution in [0.3, 0.4) is 0 Å². The minimum absolute atomic E-state index is 0.0361. The molecule has 1 saturated carbocycles. The monoisotopic (exact) mass is 315 g/mol. The Morgan fingerprint density at radius 1 is 1.17 bits per heavy atom. The molecule has 4 fully saturated rings. The van der Waals surface area contributed by atoms with E-state index >= 15 is 0 Å². The summed E-state index contributed by atoms with van der Waals surface area (Å²) in [6.07, 6.45) is 4.37. The normalized spacial score (nSPS) is 32.3.